The van der Waals surface area contributed by atoms with Gasteiger partial charge >= 0.3 is 0 Å². The summed E-state index contributed by atoms with van der Waals surface area (Å²) in [6.45, 7) is 3.76. The molecule has 0 unspecified atom stereocenters. The number of carbonyl (C=O) groups is 1. The van der Waals surface area contributed by atoms with Crippen molar-refractivity contribution < 1.29 is 9.72 Å². The number of hydrogen-bond acceptors (Lipinski definition) is 3. The maximum Gasteiger partial charge on any atom is 0.288 e. The fraction of sp³-hybridized carbons (Fsp3) is 0.300. The summed E-state index contributed by atoms with van der Waals surface area (Å²) in [7, 11) is 0. The summed E-state index contributed by atoms with van der Waals surface area (Å²) < 4.78 is 0. The van der Waals surface area contributed by atoms with E-state index in [4.69, 9.17) is 11.6 Å². The van der Waals surface area contributed by atoms with Gasteiger partial charge in [-0.3, -0.25) is 14.9 Å². The topological polar surface area (TPSA) is 72.2 Å². The monoisotopic (exact) mass is 242 g/mol. The third-order valence-electron chi connectivity index (χ3n) is 2.15. The summed E-state index contributed by atoms with van der Waals surface area (Å²) in [5.41, 5.74) is 1.03. The normalized spacial score (nSPS) is 10.2. The molecule has 0 radical (unpaired) electrons. The van der Waals surface area contributed by atoms with Crippen molar-refractivity contribution in [2.45, 2.75) is 19.8 Å². The van der Waals surface area contributed by atoms with Crippen LogP contribution in [0.1, 0.15) is 25.3 Å². The highest BCUT2D eigenvalue weighted by atomic mass is 35.5. The summed E-state index contributed by atoms with van der Waals surface area (Å²) in [6.07, 6.45) is 0.517. The molecular weight excluding hydrogens is 232 g/mol. The lowest BCUT2D eigenvalue weighted by Gasteiger charge is -2.12. The molecule has 0 aliphatic carbocycles. The van der Waals surface area contributed by atoms with Crippen LogP contribution in [0.5, 0.6) is 0 Å². The van der Waals surface area contributed by atoms with Gasteiger partial charge in [0.15, 0.2) is 0 Å². The predicted molar refractivity (Wildman–Crippen MR) is 61.9 cm³/mol. The van der Waals surface area contributed by atoms with Crippen LogP contribution in [-0.2, 0) is 4.79 Å². The Morgan fingerprint density at radius 2 is 2.12 bits per heavy atom. The van der Waals surface area contributed by atoms with Crippen LogP contribution in [-0.4, -0.2) is 11.3 Å². The summed E-state index contributed by atoms with van der Waals surface area (Å²) in [5.74, 6) is 0.0541. The number of rotatable bonds is 4. The first-order valence-corrected chi connectivity index (χ1v) is 5.03. The van der Waals surface area contributed by atoms with Gasteiger partial charge in [-0.15, -0.1) is 0 Å². The number of anilines is 1. The summed E-state index contributed by atoms with van der Waals surface area (Å²) in [5, 5.41) is 13.2. The van der Waals surface area contributed by atoms with Gasteiger partial charge in [-0.25, -0.2) is 0 Å². The van der Waals surface area contributed by atoms with Gasteiger partial charge in [-0.1, -0.05) is 25.4 Å². The highest BCUT2D eigenvalue weighted by Gasteiger charge is 2.18. The number of nitro benzene ring substituents is 1. The van der Waals surface area contributed by atoms with Gasteiger partial charge in [-0.05, 0) is 17.5 Å². The van der Waals surface area contributed by atoms with Gasteiger partial charge < -0.3 is 5.32 Å². The Morgan fingerprint density at radius 1 is 1.50 bits per heavy atom. The molecule has 0 heterocycles. The molecule has 1 aromatic rings. The molecule has 0 fully saturated rings. The van der Waals surface area contributed by atoms with Crippen LogP contribution in [0.2, 0.25) is 5.02 Å². The molecule has 1 amide bonds. The van der Waals surface area contributed by atoms with E-state index in [9.17, 15) is 14.9 Å². The number of hydrogen-bond donors (Lipinski definition) is 1. The number of benzene rings is 1. The highest BCUT2D eigenvalue weighted by molar-refractivity contribution is 6.33. The van der Waals surface area contributed by atoms with Crippen LogP contribution in [0.15, 0.2) is 12.1 Å². The minimum atomic E-state index is -0.543. The van der Waals surface area contributed by atoms with Gasteiger partial charge in [0.25, 0.3) is 5.69 Å². The molecule has 86 valence electrons. The molecular formula is C10H11ClN2O3. The van der Waals surface area contributed by atoms with Crippen LogP contribution in [0, 0.1) is 10.1 Å². The number of halogens is 1. The summed E-state index contributed by atoms with van der Waals surface area (Å²) in [4.78, 5) is 20.5. The van der Waals surface area contributed by atoms with Crippen molar-refractivity contribution in [3.05, 3.63) is 32.8 Å². The SMILES string of the molecule is CC(C)c1cc([N+](=O)[O-])c(Cl)cc1NC=O. The molecule has 5 nitrogen and oxygen atoms in total. The molecule has 1 aromatic carbocycles. The first kappa shape index (κ1) is 12.4. The lowest BCUT2D eigenvalue weighted by molar-refractivity contribution is -0.384. The number of amides is 1. The summed E-state index contributed by atoms with van der Waals surface area (Å²) in [6, 6.07) is 2.78. The second-order valence-electron chi connectivity index (χ2n) is 3.56. The smallest absolute Gasteiger partial charge is 0.288 e. The Balaban J connectivity index is 3.36. The number of nitrogens with one attached hydrogen (secondary N) is 1. The minimum Gasteiger partial charge on any atom is -0.328 e. The van der Waals surface area contributed by atoms with Crippen molar-refractivity contribution in [3.63, 3.8) is 0 Å². The molecule has 0 bridgehead atoms. The van der Waals surface area contributed by atoms with Crippen molar-refractivity contribution >= 4 is 29.4 Å². The summed E-state index contributed by atoms with van der Waals surface area (Å²) >= 11 is 5.74. The Kier molecular flexibility index (Phi) is 3.84. The van der Waals surface area contributed by atoms with Crippen molar-refractivity contribution in [1.82, 2.24) is 0 Å². The molecule has 16 heavy (non-hydrogen) atoms. The second kappa shape index (κ2) is 4.94. The molecule has 0 atom stereocenters. The van der Waals surface area contributed by atoms with E-state index in [1.807, 2.05) is 13.8 Å². The average molecular weight is 243 g/mol. The molecule has 1 rings (SSSR count). The Labute approximate surface area is 97.6 Å². The third-order valence-corrected chi connectivity index (χ3v) is 2.45. The molecule has 6 heteroatoms. The minimum absolute atomic E-state index is 0.0127. The van der Waals surface area contributed by atoms with Crippen molar-refractivity contribution in [2.75, 3.05) is 5.32 Å². The lowest BCUT2D eigenvalue weighted by Crippen LogP contribution is -2.02. The molecule has 0 aromatic heterocycles. The molecule has 0 aliphatic heterocycles. The zero-order valence-corrected chi connectivity index (χ0v) is 9.62. The van der Waals surface area contributed by atoms with Gasteiger partial charge in [0.1, 0.15) is 5.02 Å². The van der Waals surface area contributed by atoms with Crippen LogP contribution in [0.25, 0.3) is 0 Å². The number of nitro groups is 1. The van der Waals surface area contributed by atoms with E-state index in [2.05, 4.69) is 5.32 Å². The van der Waals surface area contributed by atoms with Crippen LogP contribution in [0.3, 0.4) is 0 Å². The Morgan fingerprint density at radius 3 is 2.56 bits per heavy atom. The second-order valence-corrected chi connectivity index (χ2v) is 3.97. The van der Waals surface area contributed by atoms with Crippen LogP contribution >= 0.6 is 11.6 Å². The van der Waals surface area contributed by atoms with E-state index < -0.39 is 4.92 Å². The predicted octanol–water partition coefficient (Wildman–Crippen LogP) is 2.94. The largest absolute Gasteiger partial charge is 0.328 e. The first-order valence-electron chi connectivity index (χ1n) is 4.65. The zero-order valence-electron chi connectivity index (χ0n) is 8.86. The molecule has 0 saturated carbocycles. The number of carbonyl (C=O) groups excluding carboxylic acids is 1. The lowest BCUT2D eigenvalue weighted by atomic mass is 10.0. The Hall–Kier alpha value is -1.62. The average Bonchev–Trinajstić information content (AvgIpc) is 2.17. The molecule has 0 aliphatic rings. The van der Waals surface area contributed by atoms with Crippen molar-refractivity contribution in [3.8, 4) is 0 Å². The van der Waals surface area contributed by atoms with Gasteiger partial charge in [-0.2, -0.15) is 0 Å². The standard InChI is InChI=1S/C10H11ClN2O3/c1-6(2)7-3-10(13(15)16)8(11)4-9(7)12-5-14/h3-6H,1-2H3,(H,12,14). The van der Waals surface area contributed by atoms with E-state index in [0.29, 0.717) is 17.7 Å². The Bertz CT molecular complexity index is 432. The fourth-order valence-electron chi connectivity index (χ4n) is 1.38. The van der Waals surface area contributed by atoms with Gasteiger partial charge in [0, 0.05) is 11.8 Å². The molecule has 1 N–H and O–H groups in total. The quantitative estimate of drug-likeness (QED) is 0.501. The van der Waals surface area contributed by atoms with E-state index in [-0.39, 0.29) is 16.6 Å². The van der Waals surface area contributed by atoms with Gasteiger partial charge in [0.05, 0.1) is 4.92 Å². The van der Waals surface area contributed by atoms with Crippen molar-refractivity contribution in [2.24, 2.45) is 0 Å². The number of nitrogens with zero attached hydrogens (tertiary/aromatic N) is 1. The maximum absolute atomic E-state index is 10.7. The fourth-order valence-corrected chi connectivity index (χ4v) is 1.62. The van der Waals surface area contributed by atoms with E-state index >= 15 is 0 Å². The van der Waals surface area contributed by atoms with Crippen LogP contribution < -0.4 is 5.32 Å². The van der Waals surface area contributed by atoms with Crippen LogP contribution in [0.4, 0.5) is 11.4 Å². The zero-order chi connectivity index (χ0) is 12.3. The highest BCUT2D eigenvalue weighted by Crippen LogP contribution is 2.34. The molecule has 0 saturated heterocycles. The van der Waals surface area contributed by atoms with E-state index in [1.54, 1.807) is 0 Å². The van der Waals surface area contributed by atoms with E-state index in [1.165, 1.54) is 12.1 Å². The maximum atomic E-state index is 10.7. The third kappa shape index (κ3) is 2.49. The van der Waals surface area contributed by atoms with Gasteiger partial charge in [0.2, 0.25) is 6.41 Å². The first-order chi connectivity index (χ1) is 7.47. The molecule has 0 spiro atoms. The van der Waals surface area contributed by atoms with Crippen molar-refractivity contribution in [1.29, 1.82) is 0 Å². The van der Waals surface area contributed by atoms with E-state index in [0.717, 1.165) is 0 Å².